The minimum absolute atomic E-state index is 0.140. The molecule has 4 heteroatoms. The Bertz CT molecular complexity index is 1050. The maximum atomic E-state index is 9.69. The molecule has 3 aromatic carbocycles. The van der Waals surface area contributed by atoms with Gasteiger partial charge >= 0.3 is 0 Å². The Morgan fingerprint density at radius 2 is 1.68 bits per heavy atom. The van der Waals surface area contributed by atoms with E-state index in [0.29, 0.717) is 17.1 Å². The number of methoxy groups -OCH3 is 1. The van der Waals surface area contributed by atoms with Crippen LogP contribution in [0.3, 0.4) is 0 Å². The Morgan fingerprint density at radius 1 is 1.00 bits per heavy atom. The van der Waals surface area contributed by atoms with Gasteiger partial charge in [-0.2, -0.15) is 5.26 Å². The molecule has 0 amide bonds. The van der Waals surface area contributed by atoms with Crippen molar-refractivity contribution in [3.8, 4) is 17.6 Å². The third-order valence-electron chi connectivity index (χ3n) is 4.53. The Hall–Kier alpha value is -3.45. The number of para-hydroxylation sites is 1. The molecule has 1 atom stereocenters. The fourth-order valence-electron chi connectivity index (χ4n) is 3.37. The van der Waals surface area contributed by atoms with Crippen LogP contribution >= 0.6 is 0 Å². The number of fused-ring (bicyclic) bond motifs is 2. The number of ether oxygens (including phenoxy) is 2. The summed E-state index contributed by atoms with van der Waals surface area (Å²) in [5.74, 6) is 1.20. The summed E-state index contributed by atoms with van der Waals surface area (Å²) in [7, 11) is 1.62. The summed E-state index contributed by atoms with van der Waals surface area (Å²) in [4.78, 5) is 0. The lowest BCUT2D eigenvalue weighted by Gasteiger charge is -2.27. The molecular weight excluding hydrogens is 312 g/mol. The van der Waals surface area contributed by atoms with Crippen molar-refractivity contribution < 1.29 is 9.47 Å². The zero-order chi connectivity index (χ0) is 17.4. The number of nitrogens with zero attached hydrogens (tertiary/aromatic N) is 1. The number of nitrogens with two attached hydrogens (primary N) is 1. The number of benzene rings is 3. The average Bonchev–Trinajstić information content (AvgIpc) is 2.65. The first kappa shape index (κ1) is 15.1. The Morgan fingerprint density at radius 3 is 2.40 bits per heavy atom. The second-order valence-electron chi connectivity index (χ2n) is 5.90. The molecule has 0 aromatic heterocycles. The molecule has 0 bridgehead atoms. The largest absolute Gasteiger partial charge is 0.496 e. The van der Waals surface area contributed by atoms with Gasteiger partial charge in [-0.3, -0.25) is 0 Å². The van der Waals surface area contributed by atoms with Crippen LogP contribution in [0.25, 0.3) is 10.8 Å². The average molecular weight is 328 g/mol. The van der Waals surface area contributed by atoms with Gasteiger partial charge in [0, 0.05) is 11.1 Å². The van der Waals surface area contributed by atoms with E-state index in [2.05, 4.69) is 12.1 Å². The highest BCUT2D eigenvalue weighted by molar-refractivity contribution is 5.86. The molecule has 1 heterocycles. The summed E-state index contributed by atoms with van der Waals surface area (Å²) in [6.45, 7) is 0. The molecule has 1 aliphatic heterocycles. The second kappa shape index (κ2) is 5.88. The van der Waals surface area contributed by atoms with E-state index in [4.69, 9.17) is 15.2 Å². The molecular formula is C21H16N2O2. The van der Waals surface area contributed by atoms with Crippen LogP contribution in [-0.2, 0) is 0 Å². The topological polar surface area (TPSA) is 68.3 Å². The number of hydrogen-bond donors (Lipinski definition) is 1. The van der Waals surface area contributed by atoms with E-state index < -0.39 is 0 Å². The molecule has 122 valence electrons. The SMILES string of the molecule is COc1ccccc1[C@@H]1C(C#N)=C(N)Oc2cc3ccccc3cc21. The van der Waals surface area contributed by atoms with Crippen molar-refractivity contribution in [3.05, 3.63) is 83.2 Å². The van der Waals surface area contributed by atoms with Crippen molar-refractivity contribution in [3.63, 3.8) is 0 Å². The minimum atomic E-state index is -0.325. The number of rotatable bonds is 2. The van der Waals surface area contributed by atoms with Gasteiger partial charge in [-0.25, -0.2) is 0 Å². The van der Waals surface area contributed by atoms with Crippen LogP contribution < -0.4 is 15.2 Å². The van der Waals surface area contributed by atoms with Crippen molar-refractivity contribution in [2.45, 2.75) is 5.92 Å². The molecule has 0 spiro atoms. The molecule has 0 unspecified atom stereocenters. The van der Waals surface area contributed by atoms with Gasteiger partial charge in [-0.15, -0.1) is 0 Å². The first-order valence-electron chi connectivity index (χ1n) is 7.96. The Labute approximate surface area is 145 Å². The van der Waals surface area contributed by atoms with E-state index in [1.807, 2.05) is 54.6 Å². The molecule has 3 aromatic rings. The van der Waals surface area contributed by atoms with Crippen LogP contribution in [-0.4, -0.2) is 7.11 Å². The van der Waals surface area contributed by atoms with Crippen LogP contribution in [0.2, 0.25) is 0 Å². The van der Waals surface area contributed by atoms with Crippen molar-refractivity contribution in [1.29, 1.82) is 5.26 Å². The highest BCUT2D eigenvalue weighted by atomic mass is 16.5. The number of nitriles is 1. The maximum absolute atomic E-state index is 9.69. The first-order chi connectivity index (χ1) is 12.2. The molecule has 4 rings (SSSR count). The summed E-state index contributed by atoms with van der Waals surface area (Å²) in [6, 6.07) is 22.0. The Kier molecular flexibility index (Phi) is 3.55. The van der Waals surface area contributed by atoms with E-state index in [1.165, 1.54) is 0 Å². The first-order valence-corrected chi connectivity index (χ1v) is 7.96. The standard InChI is InChI=1S/C21H16N2O2/c1-24-18-9-5-4-8-15(18)20-16-10-13-6-2-3-7-14(13)11-19(16)25-21(23)17(20)12-22/h2-11,20H,23H2,1H3/t20-/m0/s1. The monoisotopic (exact) mass is 328 g/mol. The van der Waals surface area contributed by atoms with Crippen LogP contribution in [0.15, 0.2) is 72.1 Å². The lowest BCUT2D eigenvalue weighted by Crippen LogP contribution is -2.21. The number of hydrogen-bond acceptors (Lipinski definition) is 4. The highest BCUT2D eigenvalue weighted by Gasteiger charge is 2.32. The van der Waals surface area contributed by atoms with Crippen molar-refractivity contribution in [1.82, 2.24) is 0 Å². The van der Waals surface area contributed by atoms with E-state index in [0.717, 1.165) is 21.9 Å². The van der Waals surface area contributed by atoms with Gasteiger partial charge in [0.1, 0.15) is 23.1 Å². The summed E-state index contributed by atoms with van der Waals surface area (Å²) in [5.41, 5.74) is 8.26. The normalized spacial score (nSPS) is 16.1. The summed E-state index contributed by atoms with van der Waals surface area (Å²) < 4.78 is 11.3. The molecule has 1 aliphatic rings. The molecule has 2 N–H and O–H groups in total. The summed E-state index contributed by atoms with van der Waals surface area (Å²) in [5, 5.41) is 11.8. The molecule has 0 saturated heterocycles. The number of allylic oxidation sites excluding steroid dienone is 1. The summed E-state index contributed by atoms with van der Waals surface area (Å²) >= 11 is 0. The molecule has 25 heavy (non-hydrogen) atoms. The lowest BCUT2D eigenvalue weighted by atomic mass is 9.82. The van der Waals surface area contributed by atoms with E-state index in [9.17, 15) is 5.26 Å². The van der Waals surface area contributed by atoms with Gasteiger partial charge in [0.15, 0.2) is 0 Å². The smallest absolute Gasteiger partial charge is 0.205 e. The lowest BCUT2D eigenvalue weighted by molar-refractivity contribution is 0.387. The van der Waals surface area contributed by atoms with Crippen LogP contribution in [0, 0.1) is 11.3 Å². The third-order valence-corrected chi connectivity index (χ3v) is 4.53. The zero-order valence-electron chi connectivity index (χ0n) is 13.7. The fraction of sp³-hybridized carbons (Fsp3) is 0.0952. The van der Waals surface area contributed by atoms with E-state index in [-0.39, 0.29) is 11.8 Å². The van der Waals surface area contributed by atoms with Gasteiger partial charge < -0.3 is 15.2 Å². The molecule has 0 fully saturated rings. The van der Waals surface area contributed by atoms with E-state index >= 15 is 0 Å². The van der Waals surface area contributed by atoms with Crippen molar-refractivity contribution in [2.75, 3.05) is 7.11 Å². The van der Waals surface area contributed by atoms with Gasteiger partial charge in [0.2, 0.25) is 5.88 Å². The third kappa shape index (κ3) is 2.38. The van der Waals surface area contributed by atoms with Gasteiger partial charge in [-0.05, 0) is 29.0 Å². The van der Waals surface area contributed by atoms with Crippen LogP contribution in [0.5, 0.6) is 11.5 Å². The van der Waals surface area contributed by atoms with Crippen molar-refractivity contribution >= 4 is 10.8 Å². The maximum Gasteiger partial charge on any atom is 0.205 e. The van der Waals surface area contributed by atoms with Crippen LogP contribution in [0.4, 0.5) is 0 Å². The van der Waals surface area contributed by atoms with Gasteiger partial charge in [-0.1, -0.05) is 42.5 Å². The Balaban J connectivity index is 2.02. The zero-order valence-corrected chi connectivity index (χ0v) is 13.7. The quantitative estimate of drug-likeness (QED) is 0.770. The predicted octanol–water partition coefficient (Wildman–Crippen LogP) is 4.07. The van der Waals surface area contributed by atoms with Gasteiger partial charge in [0.05, 0.1) is 13.0 Å². The minimum Gasteiger partial charge on any atom is -0.496 e. The molecule has 0 radical (unpaired) electrons. The van der Waals surface area contributed by atoms with Crippen LogP contribution in [0.1, 0.15) is 17.0 Å². The van der Waals surface area contributed by atoms with E-state index in [1.54, 1.807) is 7.11 Å². The summed E-state index contributed by atoms with van der Waals surface area (Å²) in [6.07, 6.45) is 0. The molecule has 0 saturated carbocycles. The molecule has 0 aliphatic carbocycles. The fourth-order valence-corrected chi connectivity index (χ4v) is 3.37. The van der Waals surface area contributed by atoms with Gasteiger partial charge in [0.25, 0.3) is 0 Å². The predicted molar refractivity (Wildman–Crippen MR) is 96.2 cm³/mol. The van der Waals surface area contributed by atoms with Crippen molar-refractivity contribution in [2.24, 2.45) is 5.73 Å². The second-order valence-corrected chi connectivity index (χ2v) is 5.90. The highest BCUT2D eigenvalue weighted by Crippen LogP contribution is 2.45. The molecule has 4 nitrogen and oxygen atoms in total.